The Morgan fingerprint density at radius 2 is 0.804 bits per heavy atom. The second kappa shape index (κ2) is 28.0. The van der Waals surface area contributed by atoms with Crippen molar-refractivity contribution in [1.29, 1.82) is 0 Å². The molecule has 0 atom stereocenters. The third kappa shape index (κ3) is 19.2. The zero-order valence-corrected chi connectivity index (χ0v) is 32.7. The van der Waals surface area contributed by atoms with Crippen molar-refractivity contribution >= 4 is 42.5 Å². The molecule has 0 heterocycles. The van der Waals surface area contributed by atoms with E-state index in [1.807, 2.05) is 0 Å². The number of benzene rings is 3. The van der Waals surface area contributed by atoms with Gasteiger partial charge in [-0.3, -0.25) is 0 Å². The number of methoxy groups -OCH3 is 4. The van der Waals surface area contributed by atoms with Crippen molar-refractivity contribution in [3.05, 3.63) is 103 Å². The second-order valence-corrected chi connectivity index (χ2v) is 13.3. The smallest absolute Gasteiger partial charge is 0.418 e. The molecular formula is C38H53BF4N2O4PRh-. The molecule has 0 spiro atoms. The summed E-state index contributed by atoms with van der Waals surface area (Å²) in [6.45, 7) is 5.79. The molecule has 0 N–H and O–H groups in total. The van der Waals surface area contributed by atoms with Crippen molar-refractivity contribution in [2.75, 3.05) is 90.8 Å². The van der Waals surface area contributed by atoms with Crippen molar-refractivity contribution < 1.29 is 55.7 Å². The van der Waals surface area contributed by atoms with E-state index in [1.165, 1.54) is 53.0 Å². The summed E-state index contributed by atoms with van der Waals surface area (Å²) in [5.41, 5.74) is 2.45. The molecule has 1 aliphatic rings. The van der Waals surface area contributed by atoms with E-state index in [4.69, 9.17) is 18.9 Å². The van der Waals surface area contributed by atoms with E-state index >= 15 is 0 Å². The van der Waals surface area contributed by atoms with Crippen LogP contribution in [0.15, 0.2) is 103 Å². The van der Waals surface area contributed by atoms with Crippen LogP contribution in [0.25, 0.3) is 0 Å². The Labute approximate surface area is 316 Å². The number of rotatable bonds is 17. The van der Waals surface area contributed by atoms with Crippen LogP contribution in [0.4, 0.5) is 28.6 Å². The standard InChI is InChI=1S/C30H41N2O4P.C8H12.BF4.Rh/c1-33-22-18-31(19-23-34-2)27-14-8-10-16-29(27)37(26-12-6-5-7-13-26)30-17-11-9-15-28(30)32(20-24-35-3)21-25-36-4;1-2-4-6-8-7-5-3-1;2-1(3,4)5;/h5-17H,18-25H2,1-4H3;1-2,7-8H,3-6H2;;/q;;-1;/b;2-1-,8-7-;;. The number of hydrogen-bond donors (Lipinski definition) is 0. The zero-order chi connectivity index (χ0) is 36.5. The Morgan fingerprint density at radius 3 is 1.12 bits per heavy atom. The van der Waals surface area contributed by atoms with E-state index in [0.29, 0.717) is 26.4 Å². The predicted molar refractivity (Wildman–Crippen MR) is 204 cm³/mol. The molecule has 0 bridgehead atoms. The van der Waals surface area contributed by atoms with Crippen LogP contribution >= 0.6 is 7.92 Å². The van der Waals surface area contributed by atoms with Crippen LogP contribution in [-0.4, -0.2) is 88.3 Å². The summed E-state index contributed by atoms with van der Waals surface area (Å²) < 4.78 is 60.8. The largest absolute Gasteiger partial charge is 0.673 e. The van der Waals surface area contributed by atoms with E-state index in [2.05, 4.69) is 113 Å². The van der Waals surface area contributed by atoms with Gasteiger partial charge in [0.1, 0.15) is 0 Å². The summed E-state index contributed by atoms with van der Waals surface area (Å²) in [5.74, 6) is 0. The van der Waals surface area contributed by atoms with Crippen LogP contribution < -0.4 is 25.7 Å². The van der Waals surface area contributed by atoms with Crippen molar-refractivity contribution in [2.24, 2.45) is 0 Å². The molecule has 0 aromatic heterocycles. The first-order valence-electron chi connectivity index (χ1n) is 16.9. The first kappa shape index (κ1) is 46.4. The number of halogens is 4. The third-order valence-electron chi connectivity index (χ3n) is 7.54. The second-order valence-electron chi connectivity index (χ2n) is 11.2. The normalized spacial score (nSPS) is 13.7. The fourth-order valence-corrected chi connectivity index (χ4v) is 7.84. The fourth-order valence-electron chi connectivity index (χ4n) is 5.19. The van der Waals surface area contributed by atoms with Crippen LogP contribution in [0, 0.1) is 0 Å². The first-order chi connectivity index (χ1) is 24.2. The van der Waals surface area contributed by atoms with E-state index < -0.39 is 15.2 Å². The Kier molecular flexibility index (Phi) is 25.5. The molecule has 0 saturated carbocycles. The number of hydrogen-bond acceptors (Lipinski definition) is 6. The van der Waals surface area contributed by atoms with Crippen molar-refractivity contribution in [2.45, 2.75) is 25.7 Å². The van der Waals surface area contributed by atoms with Gasteiger partial charge in [0.05, 0.1) is 26.4 Å². The molecule has 3 aromatic carbocycles. The maximum atomic E-state index is 9.75. The van der Waals surface area contributed by atoms with Crippen LogP contribution in [0.2, 0.25) is 0 Å². The number of allylic oxidation sites excluding steroid dienone is 4. The average molecular weight is 823 g/mol. The van der Waals surface area contributed by atoms with Gasteiger partial charge in [-0.25, -0.2) is 0 Å². The van der Waals surface area contributed by atoms with Crippen LogP contribution in [0.5, 0.6) is 0 Å². The molecule has 3 aromatic rings. The van der Waals surface area contributed by atoms with Gasteiger partial charge < -0.3 is 46.0 Å². The molecular weight excluding hydrogens is 769 g/mol. The first-order valence-corrected chi connectivity index (χ1v) is 18.3. The van der Waals surface area contributed by atoms with E-state index in [9.17, 15) is 17.3 Å². The summed E-state index contributed by atoms with van der Waals surface area (Å²) in [4.78, 5) is 4.77. The number of para-hydroxylation sites is 2. The van der Waals surface area contributed by atoms with Crippen molar-refractivity contribution in [1.82, 2.24) is 0 Å². The fraction of sp³-hybridized carbons (Fsp3) is 0.421. The minimum atomic E-state index is -6.00. The SMILES string of the molecule is C1=C\CC/C=C\CC/1.COCCN(CCOC)c1ccccc1P(c1ccccc1)c1ccccc1N(CCOC)CCOC.F[B-](F)(F)F.[Rh]. The number of ether oxygens (including phenoxy) is 4. The molecule has 0 aliphatic heterocycles. The van der Waals surface area contributed by atoms with Gasteiger partial charge in [0.15, 0.2) is 0 Å². The number of nitrogens with zero attached hydrogens (tertiary/aromatic N) is 2. The molecule has 1 radical (unpaired) electrons. The summed E-state index contributed by atoms with van der Waals surface area (Å²) >= 11 is 0. The van der Waals surface area contributed by atoms with Gasteiger partial charge in [0.25, 0.3) is 0 Å². The average Bonchev–Trinajstić information content (AvgIpc) is 3.09. The maximum absolute atomic E-state index is 9.75. The molecule has 51 heavy (non-hydrogen) atoms. The van der Waals surface area contributed by atoms with Gasteiger partial charge in [-0.1, -0.05) is 91.0 Å². The van der Waals surface area contributed by atoms with Crippen molar-refractivity contribution in [3.8, 4) is 0 Å². The molecule has 6 nitrogen and oxygen atoms in total. The molecule has 0 saturated heterocycles. The van der Waals surface area contributed by atoms with Gasteiger partial charge in [0, 0.05) is 96.1 Å². The predicted octanol–water partition coefficient (Wildman–Crippen LogP) is 7.61. The van der Waals surface area contributed by atoms with Crippen LogP contribution in [0.1, 0.15) is 25.7 Å². The molecule has 4 rings (SSSR count). The van der Waals surface area contributed by atoms with Gasteiger partial charge in [-0.2, -0.15) is 0 Å². The molecule has 285 valence electrons. The van der Waals surface area contributed by atoms with E-state index in [0.717, 1.165) is 26.2 Å². The zero-order valence-electron chi connectivity index (χ0n) is 30.2. The van der Waals surface area contributed by atoms with Crippen molar-refractivity contribution in [3.63, 3.8) is 0 Å². The molecule has 1 aliphatic carbocycles. The Bertz CT molecular complexity index is 1260. The quantitative estimate of drug-likeness (QED) is 0.0605. The topological polar surface area (TPSA) is 43.4 Å². The maximum Gasteiger partial charge on any atom is 0.673 e. The summed E-state index contributed by atoms with van der Waals surface area (Å²) in [7, 11) is 0.149. The Hall–Kier alpha value is -2.58. The van der Waals surface area contributed by atoms with Crippen LogP contribution in [0.3, 0.4) is 0 Å². The molecule has 0 fully saturated rings. The van der Waals surface area contributed by atoms with E-state index in [1.54, 1.807) is 28.4 Å². The van der Waals surface area contributed by atoms with Gasteiger partial charge >= 0.3 is 7.25 Å². The number of anilines is 2. The van der Waals surface area contributed by atoms with E-state index in [-0.39, 0.29) is 19.5 Å². The van der Waals surface area contributed by atoms with Crippen LogP contribution in [-0.2, 0) is 38.4 Å². The summed E-state index contributed by atoms with van der Waals surface area (Å²) in [6, 6.07) is 28.4. The minimum absolute atomic E-state index is 0. The third-order valence-corrected chi connectivity index (χ3v) is 10.1. The summed E-state index contributed by atoms with van der Waals surface area (Å²) in [6.07, 6.45) is 14.0. The van der Waals surface area contributed by atoms with Gasteiger partial charge in [-0.05, 0) is 51.0 Å². The Balaban J connectivity index is 0.000000780. The molecule has 0 amide bonds. The molecule has 0 unspecified atom stereocenters. The summed E-state index contributed by atoms with van der Waals surface area (Å²) in [5, 5.41) is 3.96. The van der Waals surface area contributed by atoms with Gasteiger partial charge in [0.2, 0.25) is 0 Å². The minimum Gasteiger partial charge on any atom is -0.418 e. The van der Waals surface area contributed by atoms with Gasteiger partial charge in [-0.15, -0.1) is 0 Å². The monoisotopic (exact) mass is 822 g/mol. The Morgan fingerprint density at radius 1 is 0.510 bits per heavy atom. The molecule has 13 heteroatoms.